The smallest absolute Gasteiger partial charge is 0.339 e. The van der Waals surface area contributed by atoms with Crippen molar-refractivity contribution in [2.45, 2.75) is 4.90 Å². The Hall–Kier alpha value is -2.64. The van der Waals surface area contributed by atoms with Crippen LogP contribution >= 0.6 is 23.4 Å². The lowest BCUT2D eigenvalue weighted by Crippen LogP contribution is -2.13. The number of hydrogen-bond donors (Lipinski definition) is 0. The van der Waals surface area contributed by atoms with Gasteiger partial charge in [0.2, 0.25) is 0 Å². The Morgan fingerprint density at radius 1 is 1.23 bits per heavy atom. The van der Waals surface area contributed by atoms with Crippen LogP contribution in [-0.4, -0.2) is 29.5 Å². The number of carbonyl (C=O) groups is 2. The van der Waals surface area contributed by atoms with Gasteiger partial charge in [-0.3, -0.25) is 14.9 Å². The molecule has 0 aromatic heterocycles. The summed E-state index contributed by atoms with van der Waals surface area (Å²) < 4.78 is 4.98. The molecule has 26 heavy (non-hydrogen) atoms. The Kier molecular flexibility index (Phi) is 6.54. The summed E-state index contributed by atoms with van der Waals surface area (Å²) in [6, 6.07) is 10.3. The lowest BCUT2D eigenvalue weighted by atomic mass is 9.98. The number of hydrogen-bond acceptors (Lipinski definition) is 6. The Morgan fingerprint density at radius 3 is 2.46 bits per heavy atom. The summed E-state index contributed by atoms with van der Waals surface area (Å²) in [5.41, 5.74) is 0.0780. The maximum Gasteiger partial charge on any atom is 0.339 e. The van der Waals surface area contributed by atoms with Crippen LogP contribution in [0.5, 0.6) is 0 Å². The summed E-state index contributed by atoms with van der Waals surface area (Å²) >= 11 is 6.79. The number of halogens is 1. The van der Waals surface area contributed by atoms with E-state index in [2.05, 4.69) is 6.58 Å². The lowest BCUT2D eigenvalue weighted by molar-refractivity contribution is -0.387. The molecule has 0 aliphatic carbocycles. The second-order valence-corrected chi connectivity index (χ2v) is 6.49. The second kappa shape index (κ2) is 8.64. The summed E-state index contributed by atoms with van der Waals surface area (Å²) in [4.78, 5) is 36.1. The molecule has 134 valence electrons. The largest absolute Gasteiger partial charge is 0.456 e. The van der Waals surface area contributed by atoms with E-state index in [0.717, 1.165) is 0 Å². The van der Waals surface area contributed by atoms with Crippen LogP contribution in [0.15, 0.2) is 59.0 Å². The summed E-state index contributed by atoms with van der Waals surface area (Å²) in [7, 11) is 0. The predicted octanol–water partition coefficient (Wildman–Crippen LogP) is 4.46. The van der Waals surface area contributed by atoms with Gasteiger partial charge in [-0.05, 0) is 24.5 Å². The highest BCUT2D eigenvalue weighted by Gasteiger charge is 2.22. The minimum absolute atomic E-state index is 0.0482. The summed E-state index contributed by atoms with van der Waals surface area (Å²) in [5.74, 6) is -1.25. The molecule has 0 spiro atoms. The van der Waals surface area contributed by atoms with Crippen molar-refractivity contribution in [2.24, 2.45) is 0 Å². The van der Waals surface area contributed by atoms with Crippen LogP contribution in [0, 0.1) is 10.1 Å². The molecular weight excluding hydrogens is 378 g/mol. The second-order valence-electron chi connectivity index (χ2n) is 5.11. The molecule has 0 atom stereocenters. The van der Waals surface area contributed by atoms with Gasteiger partial charge in [0.15, 0.2) is 5.78 Å². The van der Waals surface area contributed by atoms with E-state index in [9.17, 15) is 19.7 Å². The van der Waals surface area contributed by atoms with E-state index in [4.69, 9.17) is 16.3 Å². The molecular formula is C18H14ClNO5S. The van der Waals surface area contributed by atoms with E-state index in [1.807, 2.05) is 0 Å². The predicted molar refractivity (Wildman–Crippen MR) is 100 cm³/mol. The standard InChI is InChI=1S/C18H14ClNO5S/c1-11(19)10-25-18(22)14-6-4-3-5-13(14)17(21)12-7-8-16(26-2)15(9-12)20(23)24/h3-9H,1,10H2,2H3. The van der Waals surface area contributed by atoms with Crippen LogP contribution in [0.1, 0.15) is 26.3 Å². The molecule has 0 radical (unpaired) electrons. The van der Waals surface area contributed by atoms with E-state index >= 15 is 0 Å². The van der Waals surface area contributed by atoms with Crippen LogP contribution in [-0.2, 0) is 4.74 Å². The number of nitro groups is 1. The fraction of sp³-hybridized carbons (Fsp3) is 0.111. The highest BCUT2D eigenvalue weighted by Crippen LogP contribution is 2.29. The zero-order valence-corrected chi connectivity index (χ0v) is 15.3. The van der Waals surface area contributed by atoms with Gasteiger partial charge in [0.1, 0.15) is 6.61 Å². The SMILES string of the molecule is C=C(Cl)COC(=O)c1ccccc1C(=O)c1ccc(SC)c([N+](=O)[O-])c1. The molecule has 0 N–H and O–H groups in total. The van der Waals surface area contributed by atoms with Gasteiger partial charge in [0, 0.05) is 22.2 Å². The van der Waals surface area contributed by atoms with E-state index in [-0.39, 0.29) is 34.0 Å². The van der Waals surface area contributed by atoms with Crippen LogP contribution in [0.3, 0.4) is 0 Å². The molecule has 0 saturated heterocycles. The Balaban J connectivity index is 2.42. The number of esters is 1. The normalized spacial score (nSPS) is 10.2. The quantitative estimate of drug-likeness (QED) is 0.228. The van der Waals surface area contributed by atoms with E-state index in [1.165, 1.54) is 42.1 Å². The number of carbonyl (C=O) groups excluding carboxylic acids is 2. The fourth-order valence-electron chi connectivity index (χ4n) is 2.21. The maximum absolute atomic E-state index is 12.8. The van der Waals surface area contributed by atoms with Gasteiger partial charge in [0.05, 0.1) is 15.4 Å². The van der Waals surface area contributed by atoms with Crippen molar-refractivity contribution >= 4 is 40.8 Å². The monoisotopic (exact) mass is 391 g/mol. The van der Waals surface area contributed by atoms with Crippen molar-refractivity contribution in [3.8, 4) is 0 Å². The van der Waals surface area contributed by atoms with Gasteiger partial charge in [-0.15, -0.1) is 11.8 Å². The van der Waals surface area contributed by atoms with Crippen molar-refractivity contribution in [1.29, 1.82) is 0 Å². The molecule has 6 nitrogen and oxygen atoms in total. The Morgan fingerprint density at radius 2 is 1.88 bits per heavy atom. The first-order valence-electron chi connectivity index (χ1n) is 7.31. The van der Waals surface area contributed by atoms with Crippen molar-refractivity contribution in [2.75, 3.05) is 12.9 Å². The molecule has 0 heterocycles. The van der Waals surface area contributed by atoms with Gasteiger partial charge in [-0.2, -0.15) is 0 Å². The average molecular weight is 392 g/mol. The van der Waals surface area contributed by atoms with Crippen LogP contribution < -0.4 is 0 Å². The van der Waals surface area contributed by atoms with Crippen LogP contribution in [0.2, 0.25) is 0 Å². The third-order valence-corrected chi connectivity index (χ3v) is 4.28. The zero-order valence-electron chi connectivity index (χ0n) is 13.7. The van der Waals surface area contributed by atoms with Crippen molar-refractivity contribution in [1.82, 2.24) is 0 Å². The Bertz CT molecular complexity index is 897. The van der Waals surface area contributed by atoms with E-state index in [0.29, 0.717) is 4.90 Å². The maximum atomic E-state index is 12.8. The third-order valence-electron chi connectivity index (χ3n) is 3.39. The van der Waals surface area contributed by atoms with E-state index in [1.54, 1.807) is 18.4 Å². The number of nitrogens with zero attached hydrogens (tertiary/aromatic N) is 1. The summed E-state index contributed by atoms with van der Waals surface area (Å²) in [5, 5.41) is 11.3. The summed E-state index contributed by atoms with van der Waals surface area (Å²) in [6.07, 6.45) is 1.71. The van der Waals surface area contributed by atoms with Gasteiger partial charge in [0.25, 0.3) is 5.69 Å². The molecule has 0 unspecified atom stereocenters. The number of thioether (sulfide) groups is 1. The van der Waals surface area contributed by atoms with Crippen LogP contribution in [0.25, 0.3) is 0 Å². The van der Waals surface area contributed by atoms with E-state index < -0.39 is 16.7 Å². The molecule has 2 aromatic carbocycles. The highest BCUT2D eigenvalue weighted by molar-refractivity contribution is 7.98. The molecule has 2 aromatic rings. The van der Waals surface area contributed by atoms with Crippen molar-refractivity contribution in [3.05, 3.63) is 80.9 Å². The first-order chi connectivity index (χ1) is 12.3. The van der Waals surface area contributed by atoms with Crippen molar-refractivity contribution < 1.29 is 19.2 Å². The fourth-order valence-corrected chi connectivity index (χ4v) is 2.81. The number of ketones is 1. The molecule has 0 aliphatic rings. The molecule has 8 heteroatoms. The molecule has 0 saturated carbocycles. The minimum Gasteiger partial charge on any atom is -0.456 e. The first kappa shape index (κ1) is 19.7. The van der Waals surface area contributed by atoms with Gasteiger partial charge in [-0.25, -0.2) is 4.79 Å². The topological polar surface area (TPSA) is 86.5 Å². The first-order valence-corrected chi connectivity index (χ1v) is 8.92. The van der Waals surface area contributed by atoms with Crippen LogP contribution in [0.4, 0.5) is 5.69 Å². The molecule has 0 bridgehead atoms. The number of benzene rings is 2. The highest BCUT2D eigenvalue weighted by atomic mass is 35.5. The van der Waals surface area contributed by atoms with Crippen molar-refractivity contribution in [3.63, 3.8) is 0 Å². The van der Waals surface area contributed by atoms with Gasteiger partial charge in [-0.1, -0.05) is 36.4 Å². The molecule has 0 fully saturated rings. The lowest BCUT2D eigenvalue weighted by Gasteiger charge is -2.09. The minimum atomic E-state index is -0.731. The number of nitro benzene ring substituents is 1. The Labute approximate surface area is 159 Å². The number of rotatable bonds is 7. The molecule has 0 amide bonds. The molecule has 0 aliphatic heterocycles. The third kappa shape index (κ3) is 4.50. The number of ether oxygens (including phenoxy) is 1. The average Bonchev–Trinajstić information content (AvgIpc) is 2.64. The summed E-state index contributed by atoms with van der Waals surface area (Å²) in [6.45, 7) is 3.24. The molecule has 2 rings (SSSR count). The van der Waals surface area contributed by atoms with Gasteiger partial charge >= 0.3 is 5.97 Å². The van der Waals surface area contributed by atoms with Gasteiger partial charge < -0.3 is 4.74 Å². The zero-order chi connectivity index (χ0) is 19.3.